The lowest BCUT2D eigenvalue weighted by atomic mass is 9.81. The smallest absolute Gasteiger partial charge is 0.170 e. The summed E-state index contributed by atoms with van der Waals surface area (Å²) in [5.74, 6) is 4.02. The van der Waals surface area contributed by atoms with E-state index in [0.717, 1.165) is 36.7 Å². The first-order valence-electron chi connectivity index (χ1n) is 5.30. The number of carbonyl (C=O) groups excluding carboxylic acids is 1. The lowest BCUT2D eigenvalue weighted by Crippen LogP contribution is -2.15. The van der Waals surface area contributed by atoms with Crippen molar-refractivity contribution in [1.29, 1.82) is 0 Å². The van der Waals surface area contributed by atoms with Crippen LogP contribution in [0.2, 0.25) is 0 Å². The van der Waals surface area contributed by atoms with Gasteiger partial charge in [0.15, 0.2) is 5.78 Å². The van der Waals surface area contributed by atoms with Gasteiger partial charge in [-0.2, -0.15) is 0 Å². The normalized spacial score (nSPS) is 21.6. The highest BCUT2D eigenvalue weighted by atomic mass is 16.1. The Morgan fingerprint density at radius 1 is 1.71 bits per heavy atom. The van der Waals surface area contributed by atoms with Gasteiger partial charge in [0, 0.05) is 0 Å². The fourth-order valence-electron chi connectivity index (χ4n) is 1.92. The third-order valence-corrected chi connectivity index (χ3v) is 3.02. The number of rotatable bonds is 3. The van der Waals surface area contributed by atoms with Crippen molar-refractivity contribution in [3.05, 3.63) is 11.6 Å². The van der Waals surface area contributed by atoms with Crippen molar-refractivity contribution >= 4 is 5.78 Å². The van der Waals surface area contributed by atoms with E-state index in [-0.39, 0.29) is 12.2 Å². The third-order valence-electron chi connectivity index (χ3n) is 3.02. The maximum absolute atomic E-state index is 11.5. The zero-order valence-corrected chi connectivity index (χ0v) is 9.05. The molecule has 0 aliphatic heterocycles. The molecule has 1 aliphatic rings. The molecule has 0 aromatic rings. The van der Waals surface area contributed by atoms with Crippen molar-refractivity contribution in [2.75, 3.05) is 0 Å². The molecule has 0 bridgehead atoms. The summed E-state index contributed by atoms with van der Waals surface area (Å²) in [6.45, 7) is 4.49. The molecular weight excluding hydrogens is 172 g/mol. The molecule has 0 heterocycles. The average molecular weight is 190 g/mol. The van der Waals surface area contributed by atoms with Crippen molar-refractivity contribution in [3.8, 4) is 12.3 Å². The molecule has 0 fully saturated rings. The third kappa shape index (κ3) is 2.73. The molecule has 1 aliphatic carbocycles. The van der Waals surface area contributed by atoms with Crippen molar-refractivity contribution < 1.29 is 4.79 Å². The summed E-state index contributed by atoms with van der Waals surface area (Å²) in [5.41, 5.74) is 0.958. The summed E-state index contributed by atoms with van der Waals surface area (Å²) in [4.78, 5) is 11.5. The number of hydrogen-bond donors (Lipinski definition) is 0. The summed E-state index contributed by atoms with van der Waals surface area (Å²) >= 11 is 0. The monoisotopic (exact) mass is 190 g/mol. The number of Topliss-reactive ketones (excluding diaryl/α,β-unsaturated/α-hetero) is 1. The van der Waals surface area contributed by atoms with Crippen LogP contribution in [0.1, 0.15) is 39.5 Å². The van der Waals surface area contributed by atoms with E-state index in [0.29, 0.717) is 0 Å². The van der Waals surface area contributed by atoms with Gasteiger partial charge >= 0.3 is 0 Å². The first kappa shape index (κ1) is 11.0. The summed E-state index contributed by atoms with van der Waals surface area (Å²) in [5, 5.41) is 0. The molecule has 1 nitrogen and oxygen atoms in total. The lowest BCUT2D eigenvalue weighted by Gasteiger charge is -2.24. The molecule has 14 heavy (non-hydrogen) atoms. The van der Waals surface area contributed by atoms with E-state index in [1.54, 1.807) is 0 Å². The molecule has 0 spiro atoms. The van der Waals surface area contributed by atoms with Gasteiger partial charge in [-0.15, -0.1) is 6.42 Å². The second-order valence-corrected chi connectivity index (χ2v) is 4.31. The average Bonchev–Trinajstić information content (AvgIpc) is 2.18. The van der Waals surface area contributed by atoms with Crippen molar-refractivity contribution in [2.45, 2.75) is 39.5 Å². The molecule has 0 N–H and O–H groups in total. The van der Waals surface area contributed by atoms with Gasteiger partial charge in [-0.1, -0.05) is 25.8 Å². The molecule has 0 amide bonds. The van der Waals surface area contributed by atoms with Crippen molar-refractivity contribution in [3.63, 3.8) is 0 Å². The first-order chi connectivity index (χ1) is 6.65. The van der Waals surface area contributed by atoms with Gasteiger partial charge in [0.05, 0.1) is 6.42 Å². The van der Waals surface area contributed by atoms with Crippen LogP contribution in [-0.2, 0) is 4.79 Å². The standard InChI is InChI=1S/C13H18O/c1-4-5-13(14)12-8-6-11(7-9-12)10(2)3/h1,8,10-11H,5-7,9H2,2-3H3/t11-/m1/s1. The van der Waals surface area contributed by atoms with Gasteiger partial charge < -0.3 is 0 Å². The van der Waals surface area contributed by atoms with Gasteiger partial charge in [0.25, 0.3) is 0 Å². The van der Waals surface area contributed by atoms with Crippen molar-refractivity contribution in [1.82, 2.24) is 0 Å². The Kier molecular flexibility index (Phi) is 3.95. The molecule has 1 atom stereocenters. The highest BCUT2D eigenvalue weighted by Crippen LogP contribution is 2.29. The van der Waals surface area contributed by atoms with Gasteiger partial charge in [0.1, 0.15) is 0 Å². The Morgan fingerprint density at radius 3 is 2.86 bits per heavy atom. The highest BCUT2D eigenvalue weighted by Gasteiger charge is 2.19. The fraction of sp³-hybridized carbons (Fsp3) is 0.615. The minimum atomic E-state index is 0.148. The van der Waals surface area contributed by atoms with Crippen LogP contribution in [0.4, 0.5) is 0 Å². The largest absolute Gasteiger partial charge is 0.293 e. The summed E-state index contributed by atoms with van der Waals surface area (Å²) in [7, 11) is 0. The Hall–Kier alpha value is -1.03. The SMILES string of the molecule is C#CCC(=O)C1=CC[C@@H](C(C)C)CC1. The van der Waals surface area contributed by atoms with Gasteiger partial charge in [-0.25, -0.2) is 0 Å². The molecule has 0 aromatic carbocycles. The van der Waals surface area contributed by atoms with E-state index < -0.39 is 0 Å². The minimum absolute atomic E-state index is 0.148. The van der Waals surface area contributed by atoms with E-state index in [1.165, 1.54) is 0 Å². The van der Waals surface area contributed by atoms with Crippen LogP contribution in [0, 0.1) is 24.2 Å². The number of ketones is 1. The van der Waals surface area contributed by atoms with Crippen LogP contribution in [0.5, 0.6) is 0 Å². The number of allylic oxidation sites excluding steroid dienone is 2. The van der Waals surface area contributed by atoms with E-state index in [4.69, 9.17) is 6.42 Å². The maximum Gasteiger partial charge on any atom is 0.170 e. The number of terminal acetylenes is 1. The second kappa shape index (κ2) is 5.00. The minimum Gasteiger partial charge on any atom is -0.293 e. The van der Waals surface area contributed by atoms with Gasteiger partial charge in [-0.05, 0) is 36.7 Å². The molecule has 0 saturated heterocycles. The highest BCUT2D eigenvalue weighted by molar-refractivity contribution is 5.96. The molecular formula is C13H18O. The van der Waals surface area contributed by atoms with Crippen LogP contribution in [0.3, 0.4) is 0 Å². The van der Waals surface area contributed by atoms with E-state index in [1.807, 2.05) is 0 Å². The Morgan fingerprint density at radius 2 is 2.43 bits per heavy atom. The summed E-state index contributed by atoms with van der Waals surface area (Å²) < 4.78 is 0. The van der Waals surface area contributed by atoms with Crippen LogP contribution in [0.25, 0.3) is 0 Å². The maximum atomic E-state index is 11.5. The Labute approximate surface area is 86.6 Å². The quantitative estimate of drug-likeness (QED) is 0.625. The molecule has 0 radical (unpaired) electrons. The summed E-state index contributed by atoms with van der Waals surface area (Å²) in [6, 6.07) is 0. The van der Waals surface area contributed by atoms with E-state index in [2.05, 4.69) is 25.8 Å². The molecule has 76 valence electrons. The fourth-order valence-corrected chi connectivity index (χ4v) is 1.92. The predicted octanol–water partition coefficient (Wildman–Crippen LogP) is 2.96. The van der Waals surface area contributed by atoms with Crippen molar-refractivity contribution in [2.24, 2.45) is 11.8 Å². The van der Waals surface area contributed by atoms with E-state index in [9.17, 15) is 4.79 Å². The number of carbonyl (C=O) groups is 1. The molecule has 0 aromatic heterocycles. The Balaban J connectivity index is 2.53. The Bertz CT molecular complexity index is 278. The van der Waals surface area contributed by atoms with Gasteiger partial charge in [-0.3, -0.25) is 4.79 Å². The molecule has 1 heteroatoms. The first-order valence-corrected chi connectivity index (χ1v) is 5.30. The van der Waals surface area contributed by atoms with Crippen LogP contribution in [0.15, 0.2) is 11.6 Å². The van der Waals surface area contributed by atoms with E-state index >= 15 is 0 Å². The molecule has 0 unspecified atom stereocenters. The lowest BCUT2D eigenvalue weighted by molar-refractivity contribution is -0.114. The topological polar surface area (TPSA) is 17.1 Å². The summed E-state index contributed by atoms with van der Waals surface area (Å²) in [6.07, 6.45) is 10.6. The van der Waals surface area contributed by atoms with Crippen LogP contribution < -0.4 is 0 Å². The zero-order chi connectivity index (χ0) is 10.6. The molecule has 1 rings (SSSR count). The zero-order valence-electron chi connectivity index (χ0n) is 9.05. The number of hydrogen-bond acceptors (Lipinski definition) is 1. The predicted molar refractivity (Wildman–Crippen MR) is 58.7 cm³/mol. The van der Waals surface area contributed by atoms with Gasteiger partial charge in [0.2, 0.25) is 0 Å². The second-order valence-electron chi connectivity index (χ2n) is 4.31. The van der Waals surface area contributed by atoms with Crippen LogP contribution in [-0.4, -0.2) is 5.78 Å². The van der Waals surface area contributed by atoms with Crippen LogP contribution >= 0.6 is 0 Å². The molecule has 0 saturated carbocycles.